The largest absolute Gasteiger partial charge is 0.496 e. The van der Waals surface area contributed by atoms with E-state index in [2.05, 4.69) is 96.6 Å². The summed E-state index contributed by atoms with van der Waals surface area (Å²) in [5.41, 5.74) is 19.7. The van der Waals surface area contributed by atoms with Crippen molar-refractivity contribution in [2.75, 3.05) is 42.6 Å². The summed E-state index contributed by atoms with van der Waals surface area (Å²) in [5, 5.41) is 8.37. The number of nitrogen functional groups attached to an aromatic ring is 1. The predicted molar refractivity (Wildman–Crippen MR) is 374 cm³/mol. The maximum absolute atomic E-state index is 11.1. The summed E-state index contributed by atoms with van der Waals surface area (Å²) >= 11 is 23.9. The number of pyridine rings is 1. The van der Waals surface area contributed by atoms with Crippen LogP contribution in [-0.4, -0.2) is 61.4 Å². The zero-order chi connectivity index (χ0) is 63.3. The number of aromatic nitrogens is 1. The molecule has 1 aromatic heterocycles. The number of ether oxygens (including phenoxy) is 3. The smallest absolute Gasteiger partial charge is 0.496 e. The number of anilines is 3. The summed E-state index contributed by atoms with van der Waals surface area (Å²) in [7, 11) is 4.60. The molecule has 0 unspecified atom stereocenters. The molecule has 4 N–H and O–H groups in total. The number of carbonyl (C=O) groups excluding carboxylic acids is 2. The van der Waals surface area contributed by atoms with E-state index in [1.807, 2.05) is 172 Å². The topological polar surface area (TPSA) is 143 Å². The van der Waals surface area contributed by atoms with Crippen molar-refractivity contribution in [2.24, 2.45) is 0 Å². The molecule has 8 aromatic carbocycles. The Morgan fingerprint density at radius 2 is 0.908 bits per heavy atom. The van der Waals surface area contributed by atoms with Crippen LogP contribution in [0.4, 0.5) is 17.2 Å². The van der Waals surface area contributed by atoms with E-state index in [-0.39, 0.29) is 23.0 Å². The van der Waals surface area contributed by atoms with Crippen LogP contribution in [0.2, 0.25) is 15.1 Å². The first-order valence-electron chi connectivity index (χ1n) is 27.7. The Bertz CT molecular complexity index is 3690. The van der Waals surface area contributed by atoms with E-state index in [0.29, 0.717) is 15.9 Å². The van der Waals surface area contributed by atoms with Crippen molar-refractivity contribution < 1.29 is 33.1 Å². The van der Waals surface area contributed by atoms with E-state index in [0.717, 1.165) is 90.7 Å². The van der Waals surface area contributed by atoms with E-state index in [9.17, 15) is 9.59 Å². The van der Waals surface area contributed by atoms with Gasteiger partial charge < -0.3 is 39.9 Å². The van der Waals surface area contributed by atoms with Gasteiger partial charge in [0.1, 0.15) is 23.1 Å². The molecule has 0 atom stereocenters. The third-order valence-corrected chi connectivity index (χ3v) is 15.4. The minimum Gasteiger partial charge on any atom is -0.496 e. The van der Waals surface area contributed by atoms with Gasteiger partial charge in [-0.05, 0) is 193 Å². The lowest BCUT2D eigenvalue weighted by Crippen LogP contribution is -2.41. The fraction of sp³-hybridized carbons (Fsp3) is 0.214. The third kappa shape index (κ3) is 20.6. The highest BCUT2D eigenvalue weighted by Crippen LogP contribution is 2.38. The number of carbonyl (C=O) groups is 2. The second kappa shape index (κ2) is 33.5. The summed E-state index contributed by atoms with van der Waals surface area (Å²) in [6.07, 6.45) is 3.29. The lowest BCUT2D eigenvalue weighted by atomic mass is 9.80. The monoisotopic (exact) mass is 1400 g/mol. The van der Waals surface area contributed by atoms with Crippen molar-refractivity contribution in [1.82, 2.24) is 4.98 Å². The Morgan fingerprint density at radius 1 is 0.529 bits per heavy atom. The van der Waals surface area contributed by atoms with Gasteiger partial charge >= 0.3 is 7.12 Å². The number of amides is 2. The van der Waals surface area contributed by atoms with Crippen molar-refractivity contribution in [3.8, 4) is 50.6 Å². The number of hydrogen-bond donors (Lipinski definition) is 3. The second-order valence-corrected chi connectivity index (χ2v) is 22.9. The van der Waals surface area contributed by atoms with Crippen LogP contribution in [0.25, 0.3) is 33.4 Å². The van der Waals surface area contributed by atoms with Crippen LogP contribution in [0.1, 0.15) is 69.4 Å². The Kier molecular flexibility index (Phi) is 26.6. The summed E-state index contributed by atoms with van der Waals surface area (Å²) < 4.78 is 28.2. The maximum Gasteiger partial charge on any atom is 0.496 e. The van der Waals surface area contributed by atoms with E-state index in [1.165, 1.54) is 41.7 Å². The molecular weight excluding hydrogens is 1330 g/mol. The molecule has 0 bridgehead atoms. The van der Waals surface area contributed by atoms with E-state index in [4.69, 9.17) is 64.1 Å². The summed E-state index contributed by atoms with van der Waals surface area (Å²) in [6.45, 7) is 11.0. The molecule has 10 rings (SSSR count). The number of methoxy groups -OCH3 is 3. The molecule has 1 saturated heterocycles. The summed E-state index contributed by atoms with van der Waals surface area (Å²) in [6, 6.07) is 61.3. The molecule has 87 heavy (non-hydrogen) atoms. The highest BCUT2D eigenvalue weighted by molar-refractivity contribution is 14.1. The van der Waals surface area contributed by atoms with E-state index >= 15 is 0 Å². The van der Waals surface area contributed by atoms with Crippen LogP contribution < -0.4 is 36.0 Å². The van der Waals surface area contributed by atoms with Gasteiger partial charge in [-0.15, -0.1) is 0 Å². The van der Waals surface area contributed by atoms with Gasteiger partial charge in [0.05, 0.1) is 32.5 Å². The fourth-order valence-corrected chi connectivity index (χ4v) is 9.93. The molecule has 1 aliphatic heterocycles. The SMILES string of the molecule is CC(=O)Nc1ccc(B2OC(C)(C)C(C)(C)O2)cn1.CI.COc1ccc(CBr)cc1-c1cccc(Cl)c1.COc1ccc(Cc2ccc(N)cc2)cc1-c1cccc(Cl)c1.COc1ccc(Cc2ccc(NC(C)=O)cc2)cc1-c1cccc(Cl)c1. The fourth-order valence-electron chi connectivity index (χ4n) is 9.01. The van der Waals surface area contributed by atoms with Gasteiger partial charge in [-0.25, -0.2) is 4.98 Å². The van der Waals surface area contributed by atoms with E-state index < -0.39 is 7.12 Å². The first kappa shape index (κ1) is 69.2. The number of rotatable bonds is 14. The first-order valence-corrected chi connectivity index (χ1v) is 32.1. The van der Waals surface area contributed by atoms with Crippen LogP contribution in [-0.2, 0) is 37.1 Å². The normalized spacial score (nSPS) is 12.4. The standard InChI is InChI=1S/C22H20ClNO2.C20H18ClNO.C14H12BrClO.C13H19BN2O3.CH3I/c1-15(25)24-20-9-6-16(7-10-20)12-17-8-11-22(26-2)21(13-17)18-4-3-5-19(23)14-18;1-23-20-10-7-15(11-14-5-8-18(22)9-6-14)12-19(20)16-3-2-4-17(21)13-16;1-17-14-6-5-10(9-15)7-13(14)11-3-2-4-12(16)8-11;1-9(17)16-11-7-6-10(8-15-11)14-18-12(2,3)13(4,5)19-14;1-2/h3-11,13-14H,12H2,1-2H3,(H,24,25);2-10,12-13H,11,22H2,1H3;2-8H,9H2,1H3;6-8H,1-5H3,(H,15,16,17);1H3. The minimum absolute atomic E-state index is 0.0703. The summed E-state index contributed by atoms with van der Waals surface area (Å²) in [5.74, 6) is 2.82. The zero-order valence-corrected chi connectivity index (χ0v) is 56.5. The molecule has 9 aromatic rings. The van der Waals surface area contributed by atoms with Gasteiger partial charge in [0.15, 0.2) is 0 Å². The number of nitrogens with two attached hydrogens (primary N) is 1. The Morgan fingerprint density at radius 3 is 1.26 bits per heavy atom. The molecule has 11 nitrogen and oxygen atoms in total. The Labute approximate surface area is 550 Å². The lowest BCUT2D eigenvalue weighted by Gasteiger charge is -2.32. The van der Waals surface area contributed by atoms with Gasteiger partial charge in [-0.3, -0.25) is 9.59 Å². The van der Waals surface area contributed by atoms with Crippen molar-refractivity contribution in [3.63, 3.8) is 0 Å². The van der Waals surface area contributed by atoms with Crippen molar-refractivity contribution in [1.29, 1.82) is 0 Å². The second-order valence-electron chi connectivity index (χ2n) is 21.0. The van der Waals surface area contributed by atoms with Gasteiger partial charge in [0.2, 0.25) is 11.8 Å². The molecule has 0 spiro atoms. The van der Waals surface area contributed by atoms with Crippen LogP contribution in [0.15, 0.2) is 194 Å². The lowest BCUT2D eigenvalue weighted by molar-refractivity contribution is -0.115. The Balaban J connectivity index is 0.000000186. The number of alkyl halides is 2. The molecular formula is C70H72BBrCl3IN4O7. The minimum atomic E-state index is -0.427. The average Bonchev–Trinajstić information content (AvgIpc) is 2.02. The van der Waals surface area contributed by atoms with Crippen molar-refractivity contribution in [2.45, 2.75) is 70.9 Å². The highest BCUT2D eigenvalue weighted by atomic mass is 127. The predicted octanol–water partition coefficient (Wildman–Crippen LogP) is 18.1. The number of benzene rings is 8. The first-order chi connectivity index (χ1) is 41.7. The molecule has 1 fully saturated rings. The quantitative estimate of drug-likeness (QED) is 0.0420. The van der Waals surface area contributed by atoms with Crippen LogP contribution in [0, 0.1) is 0 Å². The van der Waals surface area contributed by atoms with Crippen LogP contribution in [0.5, 0.6) is 17.2 Å². The van der Waals surface area contributed by atoms with Gasteiger partial charge in [0.25, 0.3) is 0 Å². The number of halogens is 5. The number of hydrogen-bond acceptors (Lipinski definition) is 9. The zero-order valence-electron chi connectivity index (χ0n) is 50.4. The number of nitrogens with one attached hydrogen (secondary N) is 2. The van der Waals surface area contributed by atoms with E-state index in [1.54, 1.807) is 33.6 Å². The van der Waals surface area contributed by atoms with Crippen molar-refractivity contribution in [3.05, 3.63) is 237 Å². The molecule has 2 amide bonds. The maximum atomic E-state index is 11.1. The molecule has 0 radical (unpaired) electrons. The molecule has 17 heteroatoms. The van der Waals surface area contributed by atoms with Crippen molar-refractivity contribution >= 4 is 115 Å². The molecule has 0 aliphatic carbocycles. The van der Waals surface area contributed by atoms with Gasteiger partial charge in [0, 0.05) is 74.0 Å². The third-order valence-electron chi connectivity index (χ3n) is 14.0. The van der Waals surface area contributed by atoms with Crippen LogP contribution in [0.3, 0.4) is 0 Å². The molecule has 2 heterocycles. The molecule has 452 valence electrons. The average molecular weight is 1410 g/mol. The molecule has 1 aliphatic rings. The van der Waals surface area contributed by atoms with Crippen LogP contribution >= 0.6 is 73.3 Å². The molecule has 0 saturated carbocycles. The van der Waals surface area contributed by atoms with Gasteiger partial charge in [-0.1, -0.05) is 158 Å². The Hall–Kier alpha value is -6.89. The number of nitrogens with zero attached hydrogens (tertiary/aromatic N) is 1. The van der Waals surface area contributed by atoms with Gasteiger partial charge in [-0.2, -0.15) is 0 Å². The highest BCUT2D eigenvalue weighted by Gasteiger charge is 2.51. The summed E-state index contributed by atoms with van der Waals surface area (Å²) in [4.78, 5) is 28.2.